The molecular formula is C12H20O. The summed E-state index contributed by atoms with van der Waals surface area (Å²) in [5.74, 6) is 1.12. The van der Waals surface area contributed by atoms with E-state index in [9.17, 15) is 0 Å². The van der Waals surface area contributed by atoms with Gasteiger partial charge in [0.1, 0.15) is 0 Å². The molecule has 13 heavy (non-hydrogen) atoms. The van der Waals surface area contributed by atoms with Crippen LogP contribution in [0, 0.1) is 5.92 Å². The van der Waals surface area contributed by atoms with Gasteiger partial charge in [-0.1, -0.05) is 31.7 Å². The standard InChI is InChI=1S/C12H20O/c1-6-9-12(7-2)10(4)11(5)13-8-3/h6-7,9-10H,5,8H2,1-4H3. The van der Waals surface area contributed by atoms with Crippen molar-refractivity contribution in [2.45, 2.75) is 27.7 Å². The quantitative estimate of drug-likeness (QED) is 0.463. The highest BCUT2D eigenvalue weighted by Gasteiger charge is 2.09. The number of allylic oxidation sites excluding steroid dienone is 4. The highest BCUT2D eigenvalue weighted by molar-refractivity contribution is 5.25. The zero-order valence-corrected chi connectivity index (χ0v) is 9.13. The second kappa shape index (κ2) is 6.53. The average molecular weight is 180 g/mol. The number of rotatable bonds is 5. The van der Waals surface area contributed by atoms with Crippen LogP contribution in [0.3, 0.4) is 0 Å². The second-order valence-electron chi connectivity index (χ2n) is 2.91. The minimum Gasteiger partial charge on any atom is -0.498 e. The zero-order chi connectivity index (χ0) is 10.3. The van der Waals surface area contributed by atoms with Crippen LogP contribution in [0.5, 0.6) is 0 Å². The van der Waals surface area contributed by atoms with Crippen molar-refractivity contribution in [1.29, 1.82) is 0 Å². The van der Waals surface area contributed by atoms with Gasteiger partial charge in [0.25, 0.3) is 0 Å². The van der Waals surface area contributed by atoms with Gasteiger partial charge in [0.05, 0.1) is 12.4 Å². The van der Waals surface area contributed by atoms with E-state index in [0.717, 1.165) is 5.76 Å². The van der Waals surface area contributed by atoms with E-state index in [-0.39, 0.29) is 5.92 Å². The molecule has 0 radical (unpaired) electrons. The Bertz CT molecular complexity index is 211. The van der Waals surface area contributed by atoms with Crippen molar-refractivity contribution in [2.24, 2.45) is 5.92 Å². The van der Waals surface area contributed by atoms with Gasteiger partial charge >= 0.3 is 0 Å². The minimum absolute atomic E-state index is 0.279. The van der Waals surface area contributed by atoms with Crippen LogP contribution in [0.15, 0.2) is 36.1 Å². The van der Waals surface area contributed by atoms with Crippen LogP contribution >= 0.6 is 0 Å². The topological polar surface area (TPSA) is 9.23 Å². The van der Waals surface area contributed by atoms with Crippen LogP contribution in [0.4, 0.5) is 0 Å². The molecule has 0 aliphatic carbocycles. The summed E-state index contributed by atoms with van der Waals surface area (Å²) in [6.07, 6.45) is 6.22. The van der Waals surface area contributed by atoms with Gasteiger partial charge in [0, 0.05) is 5.92 Å². The first kappa shape index (κ1) is 12.0. The normalized spacial score (nSPS) is 14.6. The van der Waals surface area contributed by atoms with Crippen molar-refractivity contribution in [3.8, 4) is 0 Å². The molecule has 1 unspecified atom stereocenters. The highest BCUT2D eigenvalue weighted by atomic mass is 16.5. The van der Waals surface area contributed by atoms with E-state index in [1.807, 2.05) is 26.8 Å². The van der Waals surface area contributed by atoms with Crippen LogP contribution in [-0.4, -0.2) is 6.61 Å². The van der Waals surface area contributed by atoms with E-state index in [1.165, 1.54) is 5.57 Å². The molecule has 0 heterocycles. The predicted octanol–water partition coefficient (Wildman–Crippen LogP) is 3.70. The molecule has 0 aromatic rings. The molecule has 0 aromatic carbocycles. The summed E-state index contributed by atoms with van der Waals surface area (Å²) in [4.78, 5) is 0. The number of ether oxygens (including phenoxy) is 1. The zero-order valence-electron chi connectivity index (χ0n) is 9.13. The van der Waals surface area contributed by atoms with E-state index < -0.39 is 0 Å². The predicted molar refractivity (Wildman–Crippen MR) is 58.5 cm³/mol. The molecule has 0 saturated carbocycles. The largest absolute Gasteiger partial charge is 0.498 e. The Morgan fingerprint density at radius 1 is 1.46 bits per heavy atom. The van der Waals surface area contributed by atoms with E-state index in [0.29, 0.717) is 6.61 Å². The van der Waals surface area contributed by atoms with Crippen LogP contribution in [-0.2, 0) is 4.74 Å². The Labute approximate surface area is 81.8 Å². The second-order valence-corrected chi connectivity index (χ2v) is 2.91. The molecule has 0 bridgehead atoms. The van der Waals surface area contributed by atoms with E-state index in [1.54, 1.807) is 0 Å². The van der Waals surface area contributed by atoms with Crippen molar-refractivity contribution < 1.29 is 4.74 Å². The maximum atomic E-state index is 5.36. The van der Waals surface area contributed by atoms with Crippen LogP contribution in [0.25, 0.3) is 0 Å². The summed E-state index contributed by atoms with van der Waals surface area (Å²) in [5.41, 5.74) is 1.25. The summed E-state index contributed by atoms with van der Waals surface area (Å²) in [5, 5.41) is 0. The lowest BCUT2D eigenvalue weighted by atomic mass is 9.99. The van der Waals surface area contributed by atoms with E-state index >= 15 is 0 Å². The summed E-state index contributed by atoms with van der Waals surface area (Å²) in [6, 6.07) is 0. The van der Waals surface area contributed by atoms with Gasteiger partial charge in [0.2, 0.25) is 0 Å². The molecule has 0 saturated heterocycles. The molecule has 0 spiro atoms. The SMILES string of the molecule is C=C(OCC)C(C)C(C=CC)=CC. The molecule has 74 valence electrons. The van der Waals surface area contributed by atoms with Gasteiger partial charge in [-0.15, -0.1) is 0 Å². The Morgan fingerprint density at radius 2 is 2.08 bits per heavy atom. The maximum absolute atomic E-state index is 5.36. The lowest BCUT2D eigenvalue weighted by Crippen LogP contribution is -2.04. The van der Waals surface area contributed by atoms with Crippen LogP contribution in [0.2, 0.25) is 0 Å². The Morgan fingerprint density at radius 3 is 2.46 bits per heavy atom. The molecule has 1 atom stereocenters. The van der Waals surface area contributed by atoms with Gasteiger partial charge in [-0.05, 0) is 26.3 Å². The third-order valence-electron chi connectivity index (χ3n) is 2.01. The van der Waals surface area contributed by atoms with Gasteiger partial charge in [-0.25, -0.2) is 0 Å². The third-order valence-corrected chi connectivity index (χ3v) is 2.01. The fraction of sp³-hybridized carbons (Fsp3) is 0.500. The van der Waals surface area contributed by atoms with Crippen LogP contribution in [0.1, 0.15) is 27.7 Å². The van der Waals surface area contributed by atoms with Crippen LogP contribution < -0.4 is 0 Å². The molecule has 0 aromatic heterocycles. The third kappa shape index (κ3) is 3.97. The fourth-order valence-corrected chi connectivity index (χ4v) is 1.18. The van der Waals surface area contributed by atoms with Gasteiger partial charge in [-0.3, -0.25) is 0 Å². The monoisotopic (exact) mass is 180 g/mol. The summed E-state index contributed by atoms with van der Waals surface area (Å²) < 4.78 is 5.36. The first-order chi connectivity index (χ1) is 6.17. The van der Waals surface area contributed by atoms with E-state index in [2.05, 4.69) is 25.7 Å². The van der Waals surface area contributed by atoms with Gasteiger partial charge in [0.15, 0.2) is 0 Å². The lowest BCUT2D eigenvalue weighted by Gasteiger charge is -2.15. The highest BCUT2D eigenvalue weighted by Crippen LogP contribution is 2.20. The molecule has 0 aliphatic heterocycles. The van der Waals surface area contributed by atoms with Gasteiger partial charge in [-0.2, -0.15) is 0 Å². The minimum atomic E-state index is 0.279. The lowest BCUT2D eigenvalue weighted by molar-refractivity contribution is 0.206. The molecular weight excluding hydrogens is 160 g/mol. The Hall–Kier alpha value is -0.980. The number of hydrogen-bond donors (Lipinski definition) is 0. The summed E-state index contributed by atoms with van der Waals surface area (Å²) in [7, 11) is 0. The van der Waals surface area contributed by atoms with E-state index in [4.69, 9.17) is 4.74 Å². The first-order valence-corrected chi connectivity index (χ1v) is 4.77. The maximum Gasteiger partial charge on any atom is 0.0959 e. The van der Waals surface area contributed by atoms with Crippen molar-refractivity contribution >= 4 is 0 Å². The average Bonchev–Trinajstić information content (AvgIpc) is 2.13. The summed E-state index contributed by atoms with van der Waals surface area (Å²) >= 11 is 0. The molecule has 0 N–H and O–H groups in total. The Balaban J connectivity index is 4.37. The van der Waals surface area contributed by atoms with Crippen molar-refractivity contribution in [2.75, 3.05) is 6.61 Å². The van der Waals surface area contributed by atoms with Crippen molar-refractivity contribution in [3.63, 3.8) is 0 Å². The molecule has 0 rings (SSSR count). The smallest absolute Gasteiger partial charge is 0.0959 e. The molecule has 0 amide bonds. The number of hydrogen-bond acceptors (Lipinski definition) is 1. The summed E-state index contributed by atoms with van der Waals surface area (Å²) in [6.45, 7) is 12.7. The fourth-order valence-electron chi connectivity index (χ4n) is 1.18. The molecule has 1 nitrogen and oxygen atoms in total. The Kier molecular flexibility index (Phi) is 6.03. The molecule has 1 heteroatoms. The first-order valence-electron chi connectivity index (χ1n) is 4.77. The molecule has 0 aliphatic rings. The van der Waals surface area contributed by atoms with Gasteiger partial charge < -0.3 is 4.74 Å². The van der Waals surface area contributed by atoms with Crippen molar-refractivity contribution in [1.82, 2.24) is 0 Å². The molecule has 0 fully saturated rings. The van der Waals surface area contributed by atoms with Crippen molar-refractivity contribution in [3.05, 3.63) is 36.1 Å².